The summed E-state index contributed by atoms with van der Waals surface area (Å²) < 4.78 is 32.4. The molecule has 0 aliphatic carbocycles. The van der Waals surface area contributed by atoms with Crippen molar-refractivity contribution in [2.75, 3.05) is 14.2 Å². The number of rotatable bonds is 2. The molecule has 0 radical (unpaired) electrons. The molecule has 1 aromatic rings. The van der Waals surface area contributed by atoms with Crippen LogP contribution >= 0.6 is 0 Å². The van der Waals surface area contributed by atoms with Gasteiger partial charge in [0.05, 0.1) is 12.7 Å². The highest BCUT2D eigenvalue weighted by Gasteiger charge is 2.47. The molecule has 2 aliphatic rings. The van der Waals surface area contributed by atoms with E-state index in [0.717, 1.165) is 12.8 Å². The number of benzene rings is 1. The first-order chi connectivity index (χ1) is 9.44. The Bertz CT molecular complexity index is 498. The average Bonchev–Trinajstić information content (AvgIpc) is 2.62. The van der Waals surface area contributed by atoms with Gasteiger partial charge in [-0.2, -0.15) is 0 Å². The summed E-state index contributed by atoms with van der Waals surface area (Å²) in [5.41, 5.74) is -0.829. The maximum absolute atomic E-state index is 13.8. The molecular formula is C15H19F2NO2. The van der Waals surface area contributed by atoms with Crippen molar-refractivity contribution in [3.8, 4) is 5.75 Å². The fourth-order valence-corrected chi connectivity index (χ4v) is 3.70. The molecule has 0 saturated carbocycles. The summed E-state index contributed by atoms with van der Waals surface area (Å²) in [6.07, 6.45) is 3.10. The minimum absolute atomic E-state index is 0.284. The predicted octanol–water partition coefficient (Wildman–Crippen LogP) is 2.42. The molecule has 2 fully saturated rings. The molecule has 110 valence electrons. The Kier molecular flexibility index (Phi) is 3.21. The van der Waals surface area contributed by atoms with E-state index in [-0.39, 0.29) is 12.1 Å². The standard InChI is InChI=1S/C15H19F2NO2/c1-18-10-3-4-11(18)8-15(19,7-10)9-5-12(16)14(20-2)13(17)6-9/h5-6,10-11,19H,3-4,7-8H2,1-2H3. The van der Waals surface area contributed by atoms with Gasteiger partial charge in [-0.15, -0.1) is 0 Å². The van der Waals surface area contributed by atoms with Crippen LogP contribution in [0.1, 0.15) is 31.2 Å². The Morgan fingerprint density at radius 1 is 1.20 bits per heavy atom. The van der Waals surface area contributed by atoms with Gasteiger partial charge in [-0.3, -0.25) is 0 Å². The van der Waals surface area contributed by atoms with Gasteiger partial charge in [-0.25, -0.2) is 8.78 Å². The second-order valence-electron chi connectivity index (χ2n) is 5.96. The first-order valence-corrected chi connectivity index (χ1v) is 6.92. The molecular weight excluding hydrogens is 264 g/mol. The Balaban J connectivity index is 1.97. The summed E-state index contributed by atoms with van der Waals surface area (Å²) in [5, 5.41) is 10.9. The topological polar surface area (TPSA) is 32.7 Å². The van der Waals surface area contributed by atoms with Gasteiger partial charge in [-0.1, -0.05) is 0 Å². The number of hydrogen-bond acceptors (Lipinski definition) is 3. The number of nitrogens with zero attached hydrogens (tertiary/aromatic N) is 1. The fourth-order valence-electron chi connectivity index (χ4n) is 3.70. The van der Waals surface area contributed by atoms with Gasteiger partial charge in [-0.05, 0) is 50.4 Å². The molecule has 2 bridgehead atoms. The van der Waals surface area contributed by atoms with Gasteiger partial charge >= 0.3 is 0 Å². The highest BCUT2D eigenvalue weighted by atomic mass is 19.1. The van der Waals surface area contributed by atoms with E-state index in [0.29, 0.717) is 18.4 Å². The second-order valence-corrected chi connectivity index (χ2v) is 5.96. The summed E-state index contributed by atoms with van der Waals surface area (Å²) in [4.78, 5) is 2.27. The number of ether oxygens (including phenoxy) is 1. The minimum atomic E-state index is -1.15. The van der Waals surface area contributed by atoms with Crippen LogP contribution in [0.25, 0.3) is 0 Å². The second kappa shape index (κ2) is 4.67. The molecule has 2 heterocycles. The Labute approximate surface area is 117 Å². The van der Waals surface area contributed by atoms with Gasteiger partial charge in [0.1, 0.15) is 0 Å². The normalized spacial score (nSPS) is 33.5. The van der Waals surface area contributed by atoms with Gasteiger partial charge in [0, 0.05) is 12.1 Å². The zero-order chi connectivity index (χ0) is 14.5. The summed E-state index contributed by atoms with van der Waals surface area (Å²) >= 11 is 0. The van der Waals surface area contributed by atoms with E-state index in [9.17, 15) is 13.9 Å². The zero-order valence-corrected chi connectivity index (χ0v) is 11.7. The highest BCUT2D eigenvalue weighted by Crippen LogP contribution is 2.45. The van der Waals surface area contributed by atoms with Crippen molar-refractivity contribution in [1.82, 2.24) is 4.90 Å². The molecule has 20 heavy (non-hydrogen) atoms. The van der Waals surface area contributed by atoms with E-state index in [1.807, 2.05) is 0 Å². The number of fused-ring (bicyclic) bond motifs is 2. The Morgan fingerprint density at radius 3 is 2.15 bits per heavy atom. The monoisotopic (exact) mass is 283 g/mol. The molecule has 2 atom stereocenters. The van der Waals surface area contributed by atoms with Crippen molar-refractivity contribution in [1.29, 1.82) is 0 Å². The number of methoxy groups -OCH3 is 1. The van der Waals surface area contributed by atoms with E-state index < -0.39 is 23.0 Å². The van der Waals surface area contributed by atoms with Crippen LogP contribution in [0.2, 0.25) is 0 Å². The Morgan fingerprint density at radius 2 is 1.70 bits per heavy atom. The quantitative estimate of drug-likeness (QED) is 0.905. The number of piperidine rings is 1. The average molecular weight is 283 g/mol. The molecule has 1 aromatic carbocycles. The van der Waals surface area contributed by atoms with Crippen LogP contribution in [0.15, 0.2) is 12.1 Å². The first-order valence-electron chi connectivity index (χ1n) is 6.92. The predicted molar refractivity (Wildman–Crippen MR) is 70.6 cm³/mol. The molecule has 0 amide bonds. The van der Waals surface area contributed by atoms with Crippen molar-refractivity contribution in [3.63, 3.8) is 0 Å². The Hall–Kier alpha value is -1.20. The fraction of sp³-hybridized carbons (Fsp3) is 0.600. The lowest BCUT2D eigenvalue weighted by atomic mass is 9.80. The van der Waals surface area contributed by atoms with E-state index in [1.165, 1.54) is 19.2 Å². The first kappa shape index (κ1) is 13.8. The molecule has 1 N–H and O–H groups in total. The van der Waals surface area contributed by atoms with Gasteiger partial charge in [0.25, 0.3) is 0 Å². The molecule has 0 aromatic heterocycles. The third-order valence-corrected chi connectivity index (χ3v) is 4.87. The van der Waals surface area contributed by atoms with E-state index in [2.05, 4.69) is 16.7 Å². The smallest absolute Gasteiger partial charge is 0.190 e. The van der Waals surface area contributed by atoms with Crippen LogP contribution in [-0.4, -0.2) is 36.2 Å². The van der Waals surface area contributed by atoms with Crippen LogP contribution in [0, 0.1) is 11.6 Å². The van der Waals surface area contributed by atoms with Crippen molar-refractivity contribution >= 4 is 0 Å². The summed E-state index contributed by atoms with van der Waals surface area (Å²) in [6, 6.07) is 2.97. The van der Waals surface area contributed by atoms with Crippen molar-refractivity contribution in [3.05, 3.63) is 29.3 Å². The maximum Gasteiger partial charge on any atom is 0.190 e. The summed E-state index contributed by atoms with van der Waals surface area (Å²) in [7, 11) is 3.28. The third-order valence-electron chi connectivity index (χ3n) is 4.87. The molecule has 2 unspecified atom stereocenters. The van der Waals surface area contributed by atoms with Crippen molar-refractivity contribution < 1.29 is 18.6 Å². The lowest BCUT2D eigenvalue weighted by molar-refractivity contribution is -0.0497. The minimum Gasteiger partial charge on any atom is -0.491 e. The number of hydrogen-bond donors (Lipinski definition) is 1. The zero-order valence-electron chi connectivity index (χ0n) is 11.7. The molecule has 3 rings (SSSR count). The molecule has 3 nitrogen and oxygen atoms in total. The number of halogens is 2. The molecule has 2 saturated heterocycles. The van der Waals surface area contributed by atoms with Crippen LogP contribution in [-0.2, 0) is 5.60 Å². The van der Waals surface area contributed by atoms with Crippen LogP contribution < -0.4 is 4.74 Å². The van der Waals surface area contributed by atoms with Crippen molar-refractivity contribution in [2.24, 2.45) is 0 Å². The van der Waals surface area contributed by atoms with Gasteiger partial charge in [0.2, 0.25) is 0 Å². The molecule has 0 spiro atoms. The lowest BCUT2D eigenvalue weighted by Gasteiger charge is -2.42. The van der Waals surface area contributed by atoms with Crippen LogP contribution in [0.3, 0.4) is 0 Å². The number of aliphatic hydroxyl groups is 1. The molecule has 5 heteroatoms. The van der Waals surface area contributed by atoms with Crippen LogP contribution in [0.4, 0.5) is 8.78 Å². The summed E-state index contributed by atoms with van der Waals surface area (Å²) in [6.45, 7) is 0. The largest absolute Gasteiger partial charge is 0.491 e. The highest BCUT2D eigenvalue weighted by molar-refractivity contribution is 5.35. The SMILES string of the molecule is COc1c(F)cc(C2(O)CC3CCC(C2)N3C)cc1F. The van der Waals surface area contributed by atoms with Gasteiger partial charge < -0.3 is 14.7 Å². The third kappa shape index (κ3) is 2.00. The maximum atomic E-state index is 13.8. The van der Waals surface area contributed by atoms with E-state index in [4.69, 9.17) is 0 Å². The van der Waals surface area contributed by atoms with Gasteiger partial charge in [0.15, 0.2) is 17.4 Å². The van der Waals surface area contributed by atoms with Crippen molar-refractivity contribution in [2.45, 2.75) is 43.4 Å². The summed E-state index contributed by atoms with van der Waals surface area (Å²) in [5.74, 6) is -1.92. The van der Waals surface area contributed by atoms with Crippen LogP contribution in [0.5, 0.6) is 5.75 Å². The lowest BCUT2D eigenvalue weighted by Crippen LogP contribution is -2.47. The van der Waals surface area contributed by atoms with E-state index in [1.54, 1.807) is 0 Å². The van der Waals surface area contributed by atoms with E-state index >= 15 is 0 Å². The molecule has 2 aliphatic heterocycles.